The second-order valence-corrected chi connectivity index (χ2v) is 23.9. The van der Waals surface area contributed by atoms with Crippen molar-refractivity contribution in [2.24, 2.45) is 5.92 Å². The van der Waals surface area contributed by atoms with Gasteiger partial charge in [0.1, 0.15) is 13.2 Å². The zero-order chi connectivity index (χ0) is 53.7. The van der Waals surface area contributed by atoms with E-state index >= 15 is 0 Å². The molecule has 0 radical (unpaired) electrons. The van der Waals surface area contributed by atoms with Crippen molar-refractivity contribution >= 4 is 17.9 Å². The Balaban J connectivity index is 4.27. The highest BCUT2D eigenvalue weighted by molar-refractivity contribution is 5.71. The molecule has 0 bridgehead atoms. The van der Waals surface area contributed by atoms with Gasteiger partial charge in [0.15, 0.2) is 6.10 Å². The molecule has 0 rings (SSSR count). The van der Waals surface area contributed by atoms with Gasteiger partial charge in [0.2, 0.25) is 0 Å². The highest BCUT2D eigenvalue weighted by Gasteiger charge is 2.19. The van der Waals surface area contributed by atoms with Crippen molar-refractivity contribution in [3.8, 4) is 0 Å². The predicted molar refractivity (Wildman–Crippen MR) is 321 cm³/mol. The predicted octanol–water partition coefficient (Wildman–Crippen LogP) is 22.9. The van der Waals surface area contributed by atoms with Gasteiger partial charge in [-0.05, 0) is 25.2 Å². The summed E-state index contributed by atoms with van der Waals surface area (Å²) in [6, 6.07) is 0. The zero-order valence-electron chi connectivity index (χ0n) is 50.8. The Kier molecular flexibility index (Phi) is 60.9. The van der Waals surface area contributed by atoms with Gasteiger partial charge in [-0.25, -0.2) is 0 Å². The van der Waals surface area contributed by atoms with Crippen LogP contribution in [0.1, 0.15) is 394 Å². The van der Waals surface area contributed by atoms with Crippen molar-refractivity contribution in [3.05, 3.63) is 0 Å². The molecule has 1 atom stereocenters. The summed E-state index contributed by atoms with van der Waals surface area (Å²) in [6.45, 7) is 9.11. The van der Waals surface area contributed by atoms with Crippen LogP contribution in [0.5, 0.6) is 0 Å². The Hall–Kier alpha value is -1.59. The SMILES string of the molecule is CCCCCCCCCCCCCCCCCCCCCC(=O)OC[C@H](COC(=O)CCCCCCCCCCCCCCCCCC)OC(=O)CCCCCCCCCCCCCCCCCCCCC(C)C. The average Bonchev–Trinajstić information content (AvgIpc) is 3.39. The van der Waals surface area contributed by atoms with Gasteiger partial charge in [0, 0.05) is 19.3 Å². The number of carbonyl (C=O) groups excluding carboxylic acids is 3. The van der Waals surface area contributed by atoms with Gasteiger partial charge in [-0.3, -0.25) is 14.4 Å². The Bertz CT molecular complexity index is 1120. The van der Waals surface area contributed by atoms with Crippen LogP contribution >= 0.6 is 0 Å². The van der Waals surface area contributed by atoms with Crippen LogP contribution in [0.15, 0.2) is 0 Å². The molecule has 0 aliphatic carbocycles. The minimum Gasteiger partial charge on any atom is -0.462 e. The molecule has 0 aromatic carbocycles. The van der Waals surface area contributed by atoms with Crippen LogP contribution in [-0.2, 0) is 28.6 Å². The van der Waals surface area contributed by atoms with Crippen LogP contribution in [0, 0.1) is 5.92 Å². The monoisotopic (exact) mass is 1050 g/mol. The standard InChI is InChI=1S/C68H132O6/c1-5-7-9-11-13-15-17-19-21-23-24-28-32-36-40-44-48-52-56-60-67(70)73-63-65(62-72-66(69)59-55-51-47-43-39-35-31-22-20-18-16-14-12-10-8-6-2)74-68(71)61-57-53-49-45-41-37-33-29-26-25-27-30-34-38-42-46-50-54-58-64(3)4/h64-65H,5-63H2,1-4H3/t65-/m0/s1. The fourth-order valence-electron chi connectivity index (χ4n) is 10.7. The summed E-state index contributed by atoms with van der Waals surface area (Å²) < 4.78 is 17.0. The second-order valence-electron chi connectivity index (χ2n) is 23.9. The van der Waals surface area contributed by atoms with E-state index in [0.717, 1.165) is 63.7 Å². The summed E-state index contributed by atoms with van der Waals surface area (Å²) in [7, 11) is 0. The Morgan fingerprint density at radius 2 is 0.446 bits per heavy atom. The quantitative estimate of drug-likeness (QED) is 0.0343. The van der Waals surface area contributed by atoms with E-state index in [2.05, 4.69) is 27.7 Å². The third kappa shape index (κ3) is 61.3. The summed E-state index contributed by atoms with van der Waals surface area (Å²) in [5.41, 5.74) is 0. The summed E-state index contributed by atoms with van der Waals surface area (Å²) in [6.07, 6.45) is 71.1. The van der Waals surface area contributed by atoms with Gasteiger partial charge in [-0.1, -0.05) is 355 Å². The van der Waals surface area contributed by atoms with E-state index in [4.69, 9.17) is 14.2 Å². The largest absolute Gasteiger partial charge is 0.462 e. The summed E-state index contributed by atoms with van der Waals surface area (Å²) >= 11 is 0. The zero-order valence-corrected chi connectivity index (χ0v) is 50.8. The lowest BCUT2D eigenvalue weighted by atomic mass is 10.0. The molecule has 0 aromatic rings. The fraction of sp³-hybridized carbons (Fsp3) is 0.956. The lowest BCUT2D eigenvalue weighted by Crippen LogP contribution is -2.30. The molecule has 0 spiro atoms. The Morgan fingerprint density at radius 3 is 0.662 bits per heavy atom. The smallest absolute Gasteiger partial charge is 0.306 e. The van der Waals surface area contributed by atoms with E-state index in [1.807, 2.05) is 0 Å². The number of ether oxygens (including phenoxy) is 3. The molecule has 0 saturated carbocycles. The van der Waals surface area contributed by atoms with Gasteiger partial charge in [0.25, 0.3) is 0 Å². The molecule has 0 unspecified atom stereocenters. The van der Waals surface area contributed by atoms with Crippen LogP contribution in [-0.4, -0.2) is 37.2 Å². The van der Waals surface area contributed by atoms with Crippen molar-refractivity contribution in [1.29, 1.82) is 0 Å². The van der Waals surface area contributed by atoms with Crippen LogP contribution in [0.3, 0.4) is 0 Å². The molecule has 0 N–H and O–H groups in total. The van der Waals surface area contributed by atoms with Crippen LogP contribution in [0.4, 0.5) is 0 Å². The highest BCUT2D eigenvalue weighted by atomic mass is 16.6. The van der Waals surface area contributed by atoms with Crippen molar-refractivity contribution in [2.75, 3.05) is 13.2 Å². The highest BCUT2D eigenvalue weighted by Crippen LogP contribution is 2.19. The number of rotatable bonds is 63. The van der Waals surface area contributed by atoms with E-state index in [1.54, 1.807) is 0 Å². The lowest BCUT2D eigenvalue weighted by Gasteiger charge is -2.18. The molecule has 6 nitrogen and oxygen atoms in total. The molecule has 0 fully saturated rings. The summed E-state index contributed by atoms with van der Waals surface area (Å²) in [5, 5.41) is 0. The maximum Gasteiger partial charge on any atom is 0.306 e. The fourth-order valence-corrected chi connectivity index (χ4v) is 10.7. The van der Waals surface area contributed by atoms with Gasteiger partial charge in [-0.2, -0.15) is 0 Å². The number of hydrogen-bond acceptors (Lipinski definition) is 6. The summed E-state index contributed by atoms with van der Waals surface area (Å²) in [4.78, 5) is 38.4. The molecule has 0 aliphatic rings. The molecular weight excluding hydrogens is 913 g/mol. The summed E-state index contributed by atoms with van der Waals surface area (Å²) in [5.74, 6) is 0.0356. The average molecular weight is 1050 g/mol. The van der Waals surface area contributed by atoms with Crippen molar-refractivity contribution < 1.29 is 28.6 Å². The van der Waals surface area contributed by atoms with E-state index in [0.29, 0.717) is 19.3 Å². The van der Waals surface area contributed by atoms with E-state index < -0.39 is 6.10 Å². The maximum absolute atomic E-state index is 12.9. The Labute approximate surface area is 463 Å². The molecule has 0 aliphatic heterocycles. The normalized spacial score (nSPS) is 12.0. The number of carbonyl (C=O) groups is 3. The molecular formula is C68H132O6. The third-order valence-electron chi connectivity index (χ3n) is 15.8. The Morgan fingerprint density at radius 1 is 0.257 bits per heavy atom. The topological polar surface area (TPSA) is 78.9 Å². The first-order valence-electron chi connectivity index (χ1n) is 33.9. The van der Waals surface area contributed by atoms with E-state index in [9.17, 15) is 14.4 Å². The van der Waals surface area contributed by atoms with Crippen molar-refractivity contribution in [1.82, 2.24) is 0 Å². The van der Waals surface area contributed by atoms with Gasteiger partial charge >= 0.3 is 17.9 Å². The van der Waals surface area contributed by atoms with Crippen LogP contribution in [0.25, 0.3) is 0 Å². The van der Waals surface area contributed by atoms with Gasteiger partial charge in [-0.15, -0.1) is 0 Å². The van der Waals surface area contributed by atoms with Crippen molar-refractivity contribution in [3.63, 3.8) is 0 Å². The van der Waals surface area contributed by atoms with Gasteiger partial charge in [0.05, 0.1) is 0 Å². The maximum atomic E-state index is 12.9. The lowest BCUT2D eigenvalue weighted by molar-refractivity contribution is -0.167. The van der Waals surface area contributed by atoms with Crippen molar-refractivity contribution in [2.45, 2.75) is 400 Å². The third-order valence-corrected chi connectivity index (χ3v) is 15.8. The second kappa shape index (κ2) is 62.3. The molecule has 0 saturated heterocycles. The first-order chi connectivity index (χ1) is 36.4. The molecule has 6 heteroatoms. The minimum absolute atomic E-state index is 0.0607. The molecule has 0 amide bonds. The minimum atomic E-state index is -0.763. The van der Waals surface area contributed by atoms with E-state index in [1.165, 1.54) is 289 Å². The number of unbranched alkanes of at least 4 members (excludes halogenated alkanes) is 50. The number of esters is 3. The molecule has 74 heavy (non-hydrogen) atoms. The first kappa shape index (κ1) is 72.4. The van der Waals surface area contributed by atoms with E-state index in [-0.39, 0.29) is 31.1 Å². The molecule has 440 valence electrons. The van der Waals surface area contributed by atoms with Gasteiger partial charge < -0.3 is 14.2 Å². The molecule has 0 heterocycles. The van der Waals surface area contributed by atoms with Crippen LogP contribution in [0.2, 0.25) is 0 Å². The first-order valence-corrected chi connectivity index (χ1v) is 33.9. The number of hydrogen-bond donors (Lipinski definition) is 0. The van der Waals surface area contributed by atoms with Crippen LogP contribution < -0.4 is 0 Å². The molecule has 0 aromatic heterocycles.